The van der Waals surface area contributed by atoms with Crippen molar-refractivity contribution in [1.82, 2.24) is 0 Å². The minimum absolute atomic E-state index is 0.0661. The van der Waals surface area contributed by atoms with Crippen LogP contribution >= 0.6 is 0 Å². The lowest BCUT2D eigenvalue weighted by atomic mass is 9.92. The van der Waals surface area contributed by atoms with E-state index in [0.717, 1.165) is 6.07 Å². The molecule has 0 saturated heterocycles. The Bertz CT molecular complexity index is 518. The average molecular weight is 250 g/mol. The van der Waals surface area contributed by atoms with Gasteiger partial charge in [-0.25, -0.2) is 9.59 Å². The molecule has 0 aliphatic carbocycles. The van der Waals surface area contributed by atoms with E-state index in [1.54, 1.807) is 0 Å². The van der Waals surface area contributed by atoms with Gasteiger partial charge in [-0.05, 0) is 17.2 Å². The molecule has 1 aromatic rings. The van der Waals surface area contributed by atoms with Crippen molar-refractivity contribution in [3.8, 4) is 0 Å². The Kier molecular flexibility index (Phi) is 4.31. The van der Waals surface area contributed by atoms with Crippen LogP contribution in [0, 0.1) is 0 Å². The first-order valence-electron chi connectivity index (χ1n) is 5.01. The number of rotatable bonds is 6. The maximum Gasteiger partial charge on any atom is 0.336 e. The predicted molar refractivity (Wildman–Crippen MR) is 59.9 cm³/mol. The summed E-state index contributed by atoms with van der Waals surface area (Å²) in [5.74, 6) is -2.82. The molecule has 18 heavy (non-hydrogen) atoms. The van der Waals surface area contributed by atoms with E-state index in [0.29, 0.717) is 18.1 Å². The largest absolute Gasteiger partial charge is 0.478 e. The smallest absolute Gasteiger partial charge is 0.336 e. The summed E-state index contributed by atoms with van der Waals surface area (Å²) in [6, 6.07) is 2.47. The SMILES string of the molecule is O=CCc1ccc(C(=O)O)c(C(=O)O)c1CC=O. The maximum atomic E-state index is 11.1. The van der Waals surface area contributed by atoms with Gasteiger partial charge in [-0.1, -0.05) is 6.07 Å². The number of benzene rings is 1. The Morgan fingerprint density at radius 3 is 2.06 bits per heavy atom. The topological polar surface area (TPSA) is 109 Å². The Hall–Kier alpha value is -2.50. The third-order valence-electron chi connectivity index (χ3n) is 2.44. The van der Waals surface area contributed by atoms with Crippen molar-refractivity contribution >= 4 is 24.5 Å². The number of carboxylic acids is 2. The van der Waals surface area contributed by atoms with Crippen LogP contribution in [0.15, 0.2) is 12.1 Å². The van der Waals surface area contributed by atoms with E-state index >= 15 is 0 Å². The second kappa shape index (κ2) is 5.72. The summed E-state index contributed by atoms with van der Waals surface area (Å²) in [7, 11) is 0. The molecule has 0 aliphatic rings. The predicted octanol–water partition coefficient (Wildman–Crippen LogP) is 0.566. The molecule has 6 heteroatoms. The van der Waals surface area contributed by atoms with Gasteiger partial charge in [-0.15, -0.1) is 0 Å². The Balaban J connectivity index is 3.58. The van der Waals surface area contributed by atoms with Crippen LogP contribution in [-0.2, 0) is 22.4 Å². The van der Waals surface area contributed by atoms with Gasteiger partial charge in [0.05, 0.1) is 11.1 Å². The summed E-state index contributed by atoms with van der Waals surface area (Å²) in [5.41, 5.74) is -0.410. The van der Waals surface area contributed by atoms with Gasteiger partial charge in [-0.3, -0.25) is 0 Å². The highest BCUT2D eigenvalue weighted by Gasteiger charge is 2.22. The zero-order valence-corrected chi connectivity index (χ0v) is 9.25. The van der Waals surface area contributed by atoms with Crippen molar-refractivity contribution < 1.29 is 29.4 Å². The van der Waals surface area contributed by atoms with E-state index in [-0.39, 0.29) is 18.4 Å². The minimum atomic E-state index is -1.43. The summed E-state index contributed by atoms with van der Waals surface area (Å²) < 4.78 is 0. The van der Waals surface area contributed by atoms with Crippen LogP contribution in [-0.4, -0.2) is 34.7 Å². The highest BCUT2D eigenvalue weighted by Crippen LogP contribution is 2.20. The summed E-state index contributed by atoms with van der Waals surface area (Å²) >= 11 is 0. The van der Waals surface area contributed by atoms with Crippen molar-refractivity contribution in [2.45, 2.75) is 12.8 Å². The number of hydrogen-bond donors (Lipinski definition) is 2. The number of hydrogen-bond acceptors (Lipinski definition) is 4. The molecule has 0 saturated carbocycles. The molecule has 0 atom stereocenters. The lowest BCUT2D eigenvalue weighted by Gasteiger charge is -2.11. The summed E-state index contributed by atoms with van der Waals surface area (Å²) in [5, 5.41) is 18.0. The third-order valence-corrected chi connectivity index (χ3v) is 2.44. The van der Waals surface area contributed by atoms with Crippen molar-refractivity contribution in [3.63, 3.8) is 0 Å². The molecular weight excluding hydrogens is 240 g/mol. The molecule has 0 radical (unpaired) electrons. The summed E-state index contributed by atoms with van der Waals surface area (Å²) in [6.07, 6.45) is 0.729. The maximum absolute atomic E-state index is 11.1. The van der Waals surface area contributed by atoms with Crippen molar-refractivity contribution in [3.05, 3.63) is 34.4 Å². The zero-order chi connectivity index (χ0) is 13.7. The van der Waals surface area contributed by atoms with Crippen LogP contribution in [0.25, 0.3) is 0 Å². The van der Waals surface area contributed by atoms with Crippen LogP contribution in [0.5, 0.6) is 0 Å². The van der Waals surface area contributed by atoms with Gasteiger partial charge < -0.3 is 19.8 Å². The molecule has 0 amide bonds. The van der Waals surface area contributed by atoms with Crippen molar-refractivity contribution in [2.75, 3.05) is 0 Å². The first-order chi connectivity index (χ1) is 8.52. The van der Waals surface area contributed by atoms with Gasteiger partial charge in [0, 0.05) is 12.8 Å². The van der Waals surface area contributed by atoms with Crippen LogP contribution in [0.1, 0.15) is 31.8 Å². The van der Waals surface area contributed by atoms with Crippen molar-refractivity contribution in [1.29, 1.82) is 0 Å². The van der Waals surface area contributed by atoms with Gasteiger partial charge in [0.1, 0.15) is 12.6 Å². The average Bonchev–Trinajstić information content (AvgIpc) is 2.30. The standard InChI is InChI=1S/C12H10O6/c13-5-3-7-1-2-9(11(15)16)10(12(17)18)8(7)4-6-14/h1-2,5-6H,3-4H2,(H,15,16)(H,17,18). The van der Waals surface area contributed by atoms with Gasteiger partial charge in [0.15, 0.2) is 0 Å². The molecule has 0 fully saturated rings. The van der Waals surface area contributed by atoms with Crippen LogP contribution in [0.4, 0.5) is 0 Å². The number of carboxylic acid groups (broad SMARTS) is 2. The first kappa shape index (κ1) is 13.6. The molecular formula is C12H10O6. The quantitative estimate of drug-likeness (QED) is 0.714. The fourth-order valence-electron chi connectivity index (χ4n) is 1.71. The van der Waals surface area contributed by atoms with E-state index < -0.39 is 23.1 Å². The lowest BCUT2D eigenvalue weighted by molar-refractivity contribution is -0.108. The Labute approximate surface area is 102 Å². The first-order valence-corrected chi connectivity index (χ1v) is 5.01. The van der Waals surface area contributed by atoms with E-state index in [2.05, 4.69) is 0 Å². The molecule has 6 nitrogen and oxygen atoms in total. The summed E-state index contributed by atoms with van der Waals surface area (Å²) in [6.45, 7) is 0. The van der Waals surface area contributed by atoms with E-state index in [9.17, 15) is 19.2 Å². The molecule has 0 heterocycles. The fraction of sp³-hybridized carbons (Fsp3) is 0.167. The number of carbonyl (C=O) groups is 4. The van der Waals surface area contributed by atoms with E-state index in [1.807, 2.05) is 0 Å². The minimum Gasteiger partial charge on any atom is -0.478 e. The molecule has 0 aliphatic heterocycles. The highest BCUT2D eigenvalue weighted by atomic mass is 16.4. The van der Waals surface area contributed by atoms with Crippen LogP contribution in [0.3, 0.4) is 0 Å². The van der Waals surface area contributed by atoms with Gasteiger partial charge in [0.25, 0.3) is 0 Å². The third kappa shape index (κ3) is 2.60. The fourth-order valence-corrected chi connectivity index (χ4v) is 1.71. The number of carbonyl (C=O) groups excluding carboxylic acids is 2. The monoisotopic (exact) mass is 250 g/mol. The van der Waals surface area contributed by atoms with Crippen LogP contribution < -0.4 is 0 Å². The summed E-state index contributed by atoms with van der Waals surface area (Å²) in [4.78, 5) is 43.1. The number of aldehydes is 2. The van der Waals surface area contributed by atoms with E-state index in [1.165, 1.54) is 6.07 Å². The second-order valence-electron chi connectivity index (χ2n) is 3.48. The molecule has 2 N–H and O–H groups in total. The molecule has 0 spiro atoms. The van der Waals surface area contributed by atoms with Gasteiger partial charge >= 0.3 is 11.9 Å². The molecule has 0 unspecified atom stereocenters. The Morgan fingerprint density at radius 1 is 1.00 bits per heavy atom. The normalized spacial score (nSPS) is 9.78. The Morgan fingerprint density at radius 2 is 1.61 bits per heavy atom. The molecule has 0 aromatic heterocycles. The van der Waals surface area contributed by atoms with Gasteiger partial charge in [0.2, 0.25) is 0 Å². The molecule has 0 bridgehead atoms. The zero-order valence-electron chi connectivity index (χ0n) is 9.25. The number of aromatic carboxylic acids is 2. The van der Waals surface area contributed by atoms with Gasteiger partial charge in [-0.2, -0.15) is 0 Å². The molecule has 1 rings (SSSR count). The van der Waals surface area contributed by atoms with Crippen LogP contribution in [0.2, 0.25) is 0 Å². The second-order valence-corrected chi connectivity index (χ2v) is 3.48. The lowest BCUT2D eigenvalue weighted by Crippen LogP contribution is -2.14. The molecule has 1 aromatic carbocycles. The molecule has 94 valence electrons. The van der Waals surface area contributed by atoms with E-state index in [4.69, 9.17) is 10.2 Å². The van der Waals surface area contributed by atoms with Crippen molar-refractivity contribution in [2.24, 2.45) is 0 Å². The highest BCUT2D eigenvalue weighted by molar-refractivity contribution is 6.03.